The molecule has 1 unspecified atom stereocenters. The molecule has 0 saturated carbocycles. The van der Waals surface area contributed by atoms with E-state index in [9.17, 15) is 9.90 Å². The number of carbonyl (C=O) groups is 1. The number of aliphatic hydroxyl groups excluding tert-OH is 2. The van der Waals surface area contributed by atoms with Crippen molar-refractivity contribution >= 4 is 5.97 Å². The van der Waals surface area contributed by atoms with Gasteiger partial charge in [0.2, 0.25) is 0 Å². The number of rotatable bonds is 40. The monoisotopic (exact) mass is 706 g/mol. The zero-order valence-electron chi connectivity index (χ0n) is 28.8. The standard InChI is InChI=1S/C28H58O15.C3H4O2/c1-2-43-28(30)27-42-26-25-41-24-23-40-22-21-39-20-19-38-18-17-37-16-15-36-14-13-35-12-11-34-10-9-33-8-7-32-6-5-31-4-3-29;1-2-3(4)5/h28-30H,2-27H2,1H3;2H,1H2,(H,4,5). The van der Waals surface area contributed by atoms with Gasteiger partial charge in [-0.25, -0.2) is 4.79 Å². The highest BCUT2D eigenvalue weighted by molar-refractivity contribution is 5.78. The molecule has 0 amide bonds. The molecule has 17 nitrogen and oxygen atoms in total. The van der Waals surface area contributed by atoms with Gasteiger partial charge >= 0.3 is 5.97 Å². The van der Waals surface area contributed by atoms with E-state index in [0.29, 0.717) is 159 Å². The van der Waals surface area contributed by atoms with Gasteiger partial charge in [0.05, 0.1) is 165 Å². The first-order chi connectivity index (χ1) is 23.6. The second kappa shape index (κ2) is 45.6. The van der Waals surface area contributed by atoms with Crippen molar-refractivity contribution in [3.8, 4) is 0 Å². The van der Waals surface area contributed by atoms with Gasteiger partial charge in [0, 0.05) is 12.7 Å². The zero-order chi connectivity index (χ0) is 35.4. The third-order valence-electron chi connectivity index (χ3n) is 5.12. The molecule has 0 radical (unpaired) electrons. The van der Waals surface area contributed by atoms with E-state index < -0.39 is 12.3 Å². The first kappa shape index (κ1) is 48.7. The molecule has 0 bridgehead atoms. The van der Waals surface area contributed by atoms with Crippen LogP contribution in [0.15, 0.2) is 12.7 Å². The average Bonchev–Trinajstić information content (AvgIpc) is 3.08. The average molecular weight is 707 g/mol. The first-order valence-electron chi connectivity index (χ1n) is 16.3. The van der Waals surface area contributed by atoms with E-state index in [1.54, 1.807) is 0 Å². The number of aliphatic hydroxyl groups is 2. The maximum absolute atomic E-state index is 9.32. The molecular weight excluding hydrogens is 644 g/mol. The number of carboxylic acids is 1. The van der Waals surface area contributed by atoms with Crippen molar-refractivity contribution in [1.82, 2.24) is 0 Å². The summed E-state index contributed by atoms with van der Waals surface area (Å²) in [6.07, 6.45) is -0.0559. The Kier molecular flexibility index (Phi) is 46.3. The summed E-state index contributed by atoms with van der Waals surface area (Å²) in [5.41, 5.74) is 0. The quantitative estimate of drug-likeness (QED) is 0.0429. The van der Waals surface area contributed by atoms with Crippen molar-refractivity contribution in [2.45, 2.75) is 13.2 Å². The fourth-order valence-electron chi connectivity index (χ4n) is 2.91. The highest BCUT2D eigenvalue weighted by Gasteiger charge is 2.02. The van der Waals surface area contributed by atoms with Crippen molar-refractivity contribution in [2.24, 2.45) is 0 Å². The van der Waals surface area contributed by atoms with Gasteiger partial charge in [0.25, 0.3) is 0 Å². The minimum Gasteiger partial charge on any atom is -0.478 e. The number of aliphatic carboxylic acids is 1. The van der Waals surface area contributed by atoms with Gasteiger partial charge in [0.15, 0.2) is 6.29 Å². The third kappa shape index (κ3) is 49.0. The van der Waals surface area contributed by atoms with Gasteiger partial charge < -0.3 is 76.9 Å². The Bertz CT molecular complexity index is 618. The summed E-state index contributed by atoms with van der Waals surface area (Å²) in [7, 11) is 0. The van der Waals surface area contributed by atoms with Crippen LogP contribution in [0.3, 0.4) is 0 Å². The second-order valence-corrected chi connectivity index (χ2v) is 8.99. The predicted molar refractivity (Wildman–Crippen MR) is 172 cm³/mol. The molecule has 0 aromatic rings. The van der Waals surface area contributed by atoms with Crippen molar-refractivity contribution < 1.29 is 81.7 Å². The van der Waals surface area contributed by atoms with Gasteiger partial charge in [-0.1, -0.05) is 6.58 Å². The Morgan fingerprint density at radius 2 is 0.708 bits per heavy atom. The molecule has 0 spiro atoms. The van der Waals surface area contributed by atoms with Gasteiger partial charge in [-0.05, 0) is 6.92 Å². The fraction of sp³-hybridized carbons (Fsp3) is 0.903. The minimum atomic E-state index is -0.981. The summed E-state index contributed by atoms with van der Waals surface area (Å²) in [6.45, 7) is 16.4. The second-order valence-electron chi connectivity index (χ2n) is 8.99. The molecule has 0 fully saturated rings. The Hall–Kier alpha value is -1.39. The molecule has 0 rings (SSSR count). The topological polar surface area (TPSA) is 198 Å². The SMILES string of the molecule is C=CC(=O)O.CCOC(O)COCCOCCOCCOCCOCCOCCOCCOCCOCCOCCOCCOCCO. The Morgan fingerprint density at radius 3 is 0.896 bits per heavy atom. The van der Waals surface area contributed by atoms with Crippen molar-refractivity contribution in [3.63, 3.8) is 0 Å². The molecule has 0 aliphatic rings. The number of hydrogen-bond donors (Lipinski definition) is 3. The molecule has 17 heteroatoms. The normalized spacial score (nSPS) is 11.7. The van der Waals surface area contributed by atoms with Crippen molar-refractivity contribution in [2.75, 3.05) is 172 Å². The molecule has 0 aromatic heterocycles. The van der Waals surface area contributed by atoms with Gasteiger partial charge in [-0.3, -0.25) is 0 Å². The highest BCUT2D eigenvalue weighted by atomic mass is 16.6. The summed E-state index contributed by atoms with van der Waals surface area (Å²) in [5.74, 6) is -0.981. The molecule has 3 N–H and O–H groups in total. The summed E-state index contributed by atoms with van der Waals surface area (Å²) >= 11 is 0. The third-order valence-corrected chi connectivity index (χ3v) is 5.12. The lowest BCUT2D eigenvalue weighted by atomic mass is 10.6. The summed E-state index contributed by atoms with van der Waals surface area (Å²) in [4.78, 5) is 9.25. The molecular formula is C31H62O17. The Balaban J connectivity index is 0. The number of carboxylic acid groups (broad SMARTS) is 1. The van der Waals surface area contributed by atoms with E-state index in [-0.39, 0.29) is 13.2 Å². The lowest BCUT2D eigenvalue weighted by Gasteiger charge is -2.11. The van der Waals surface area contributed by atoms with E-state index in [0.717, 1.165) is 6.08 Å². The first-order valence-corrected chi connectivity index (χ1v) is 16.3. The maximum atomic E-state index is 9.32. The minimum absolute atomic E-state index is 0.0228. The number of ether oxygens (including phenoxy) is 13. The summed E-state index contributed by atoms with van der Waals surface area (Å²) in [5, 5.41) is 25.5. The van der Waals surface area contributed by atoms with E-state index in [1.165, 1.54) is 0 Å². The lowest BCUT2D eigenvalue weighted by Crippen LogP contribution is -2.20. The molecule has 0 aliphatic heterocycles. The van der Waals surface area contributed by atoms with Crippen LogP contribution in [0.2, 0.25) is 0 Å². The molecule has 0 aliphatic carbocycles. The molecule has 0 saturated heterocycles. The van der Waals surface area contributed by atoms with Gasteiger partial charge in [0.1, 0.15) is 0 Å². The zero-order valence-corrected chi connectivity index (χ0v) is 28.8. The van der Waals surface area contributed by atoms with Crippen LogP contribution in [0, 0.1) is 0 Å². The van der Waals surface area contributed by atoms with E-state index in [4.69, 9.17) is 71.8 Å². The van der Waals surface area contributed by atoms with E-state index >= 15 is 0 Å². The fourth-order valence-corrected chi connectivity index (χ4v) is 2.91. The van der Waals surface area contributed by atoms with Crippen LogP contribution < -0.4 is 0 Å². The largest absolute Gasteiger partial charge is 0.478 e. The Morgan fingerprint density at radius 1 is 0.500 bits per heavy atom. The lowest BCUT2D eigenvalue weighted by molar-refractivity contribution is -0.138. The predicted octanol–water partition coefficient (Wildman–Crippen LogP) is -0.210. The maximum Gasteiger partial charge on any atom is 0.327 e. The Labute approximate surface area is 285 Å². The van der Waals surface area contributed by atoms with E-state index in [1.807, 2.05) is 6.92 Å². The van der Waals surface area contributed by atoms with Crippen LogP contribution in [-0.2, 0) is 66.4 Å². The summed E-state index contributed by atoms with van der Waals surface area (Å²) in [6, 6.07) is 0. The van der Waals surface area contributed by atoms with Crippen molar-refractivity contribution in [3.05, 3.63) is 12.7 Å². The molecule has 288 valence electrons. The van der Waals surface area contributed by atoms with Gasteiger partial charge in [-0.2, -0.15) is 0 Å². The molecule has 0 aromatic carbocycles. The van der Waals surface area contributed by atoms with E-state index in [2.05, 4.69) is 6.58 Å². The van der Waals surface area contributed by atoms with Crippen LogP contribution in [0.25, 0.3) is 0 Å². The molecule has 1 atom stereocenters. The van der Waals surface area contributed by atoms with Crippen LogP contribution in [0.1, 0.15) is 6.92 Å². The van der Waals surface area contributed by atoms with Crippen LogP contribution in [0.4, 0.5) is 0 Å². The molecule has 0 heterocycles. The van der Waals surface area contributed by atoms with Crippen LogP contribution >= 0.6 is 0 Å². The van der Waals surface area contributed by atoms with Crippen molar-refractivity contribution in [1.29, 1.82) is 0 Å². The number of hydrogen-bond acceptors (Lipinski definition) is 16. The molecule has 48 heavy (non-hydrogen) atoms. The highest BCUT2D eigenvalue weighted by Crippen LogP contribution is 1.90. The van der Waals surface area contributed by atoms with Crippen LogP contribution in [-0.4, -0.2) is 199 Å². The smallest absolute Gasteiger partial charge is 0.327 e. The van der Waals surface area contributed by atoms with Crippen LogP contribution in [0.5, 0.6) is 0 Å². The summed E-state index contributed by atoms with van der Waals surface area (Å²) < 4.78 is 69.4. The van der Waals surface area contributed by atoms with Gasteiger partial charge in [-0.15, -0.1) is 0 Å².